The molecule has 1 saturated carbocycles. The zero-order valence-electron chi connectivity index (χ0n) is 21.6. The summed E-state index contributed by atoms with van der Waals surface area (Å²) in [6.45, 7) is 9.07. The Kier molecular flexibility index (Phi) is 8.91. The zero-order chi connectivity index (χ0) is 24.6. The third kappa shape index (κ3) is 7.55. The predicted octanol–water partition coefficient (Wildman–Crippen LogP) is 4.11. The molecule has 1 amide bonds. The first-order valence-corrected chi connectivity index (χ1v) is 13.9. The topological polar surface area (TPSA) is 54.0 Å². The molecule has 2 bridgehead atoms. The van der Waals surface area contributed by atoms with Gasteiger partial charge in [0.1, 0.15) is 5.75 Å². The summed E-state index contributed by atoms with van der Waals surface area (Å²) in [4.78, 5) is 17.9. The van der Waals surface area contributed by atoms with Gasteiger partial charge < -0.3 is 14.8 Å². The Morgan fingerprint density at radius 3 is 2.64 bits per heavy atom. The van der Waals surface area contributed by atoms with Crippen molar-refractivity contribution in [2.45, 2.75) is 45.1 Å². The molecular weight excluding hydrogens is 450 g/mol. The van der Waals surface area contributed by atoms with Crippen LogP contribution < -0.4 is 10.1 Å². The molecule has 0 spiro atoms. The lowest BCUT2D eigenvalue weighted by molar-refractivity contribution is 0.0383. The molecule has 5 rings (SSSR count). The molecule has 194 valence electrons. The molecule has 1 saturated heterocycles. The van der Waals surface area contributed by atoms with Crippen molar-refractivity contribution in [2.24, 2.45) is 5.92 Å². The molecule has 0 atom stereocenters. The van der Waals surface area contributed by atoms with E-state index >= 15 is 0 Å². The molecule has 2 heterocycles. The summed E-state index contributed by atoms with van der Waals surface area (Å²) in [5.41, 5.74) is 4.43. The number of hydrogen-bond acceptors (Lipinski definition) is 5. The number of morpholine rings is 1. The summed E-state index contributed by atoms with van der Waals surface area (Å²) in [5, 5.41) is 3.10. The van der Waals surface area contributed by atoms with E-state index in [0.29, 0.717) is 12.1 Å². The van der Waals surface area contributed by atoms with E-state index in [1.165, 1.54) is 49.9 Å². The van der Waals surface area contributed by atoms with E-state index in [1.54, 1.807) is 0 Å². The summed E-state index contributed by atoms with van der Waals surface area (Å²) >= 11 is 0. The van der Waals surface area contributed by atoms with Crippen molar-refractivity contribution in [1.29, 1.82) is 0 Å². The number of fused-ring (bicyclic) bond motifs is 3. The Morgan fingerprint density at radius 2 is 1.78 bits per heavy atom. The van der Waals surface area contributed by atoms with Gasteiger partial charge in [-0.15, -0.1) is 0 Å². The highest BCUT2D eigenvalue weighted by atomic mass is 16.5. The minimum atomic E-state index is -0.0186. The smallest absolute Gasteiger partial charge is 0.251 e. The predicted molar refractivity (Wildman–Crippen MR) is 143 cm³/mol. The van der Waals surface area contributed by atoms with Gasteiger partial charge in [0, 0.05) is 51.3 Å². The van der Waals surface area contributed by atoms with Crippen LogP contribution in [-0.2, 0) is 17.7 Å². The monoisotopic (exact) mass is 491 g/mol. The first-order chi connectivity index (χ1) is 17.7. The first kappa shape index (κ1) is 25.2. The standard InChI is InChI=1S/C30H41N3O3/c34-30(31-11-13-32-14-17-35-18-15-32)27-9-10-29-28(21-27)20-25-5-4-6-26(19-25)23-33(22-24-7-8-24)12-2-1-3-16-36-29/h4-6,9-10,19,21,24H,1-3,7-8,11-18,20,22-23H2,(H,31,34). The van der Waals surface area contributed by atoms with Gasteiger partial charge in [-0.3, -0.25) is 14.6 Å². The van der Waals surface area contributed by atoms with Gasteiger partial charge in [0.15, 0.2) is 0 Å². The van der Waals surface area contributed by atoms with Crippen molar-refractivity contribution in [3.05, 3.63) is 64.7 Å². The molecule has 1 aliphatic carbocycles. The van der Waals surface area contributed by atoms with Crippen LogP contribution in [0.5, 0.6) is 5.75 Å². The van der Waals surface area contributed by atoms with E-state index in [0.717, 1.165) is 76.1 Å². The van der Waals surface area contributed by atoms with Crippen LogP contribution in [0.4, 0.5) is 0 Å². The minimum absolute atomic E-state index is 0.0186. The number of hydrogen-bond donors (Lipinski definition) is 1. The molecule has 6 heteroatoms. The number of rotatable bonds is 6. The first-order valence-electron chi connectivity index (χ1n) is 13.9. The van der Waals surface area contributed by atoms with Gasteiger partial charge in [-0.2, -0.15) is 0 Å². The van der Waals surface area contributed by atoms with Crippen molar-refractivity contribution < 1.29 is 14.3 Å². The number of ether oxygens (including phenoxy) is 2. The van der Waals surface area contributed by atoms with Crippen molar-refractivity contribution in [2.75, 3.05) is 59.1 Å². The fraction of sp³-hybridized carbons (Fsp3) is 0.567. The summed E-state index contributed by atoms with van der Waals surface area (Å²) in [5.74, 6) is 1.79. The van der Waals surface area contributed by atoms with Gasteiger partial charge in [0.2, 0.25) is 0 Å². The number of carbonyl (C=O) groups is 1. The summed E-state index contributed by atoms with van der Waals surface area (Å²) in [6.07, 6.45) is 7.01. The maximum absolute atomic E-state index is 12.9. The van der Waals surface area contributed by atoms with E-state index < -0.39 is 0 Å². The van der Waals surface area contributed by atoms with Gasteiger partial charge in [0.05, 0.1) is 19.8 Å². The average Bonchev–Trinajstić information content (AvgIpc) is 3.71. The Bertz CT molecular complexity index is 1000. The van der Waals surface area contributed by atoms with Crippen LogP contribution >= 0.6 is 0 Å². The van der Waals surface area contributed by atoms with Crippen LogP contribution in [0.15, 0.2) is 42.5 Å². The van der Waals surface area contributed by atoms with Gasteiger partial charge >= 0.3 is 0 Å². The maximum atomic E-state index is 12.9. The van der Waals surface area contributed by atoms with Crippen molar-refractivity contribution in [3.63, 3.8) is 0 Å². The SMILES string of the molecule is O=C(NCCN1CCOCC1)c1ccc2c(c1)Cc1cccc(c1)CN(CC1CC1)CCCCCO2. The number of amides is 1. The largest absolute Gasteiger partial charge is 0.493 e. The van der Waals surface area contributed by atoms with E-state index in [9.17, 15) is 4.79 Å². The highest BCUT2D eigenvalue weighted by Crippen LogP contribution is 2.31. The molecule has 0 aromatic heterocycles. The molecule has 0 unspecified atom stereocenters. The number of carbonyl (C=O) groups excluding carboxylic acids is 1. The summed E-state index contributed by atoms with van der Waals surface area (Å²) < 4.78 is 11.6. The molecule has 0 radical (unpaired) electrons. The second-order valence-corrected chi connectivity index (χ2v) is 10.6. The Balaban J connectivity index is 1.28. The van der Waals surface area contributed by atoms with Gasteiger partial charge in [-0.05, 0) is 79.5 Å². The van der Waals surface area contributed by atoms with E-state index in [-0.39, 0.29) is 5.91 Å². The number of nitrogens with zero attached hydrogens (tertiary/aromatic N) is 2. The molecular formula is C30H41N3O3. The van der Waals surface area contributed by atoms with Crippen LogP contribution in [0.1, 0.15) is 59.2 Å². The molecule has 2 aliphatic heterocycles. The van der Waals surface area contributed by atoms with Crippen LogP contribution in [0, 0.1) is 5.92 Å². The quantitative estimate of drug-likeness (QED) is 0.659. The molecule has 2 aromatic carbocycles. The molecule has 6 nitrogen and oxygen atoms in total. The van der Waals surface area contributed by atoms with Crippen LogP contribution in [0.3, 0.4) is 0 Å². The summed E-state index contributed by atoms with van der Waals surface area (Å²) in [7, 11) is 0. The lowest BCUT2D eigenvalue weighted by Crippen LogP contribution is -2.41. The lowest BCUT2D eigenvalue weighted by atomic mass is 9.99. The second-order valence-electron chi connectivity index (χ2n) is 10.6. The van der Waals surface area contributed by atoms with Gasteiger partial charge in [0.25, 0.3) is 5.91 Å². The van der Waals surface area contributed by atoms with E-state index in [1.807, 2.05) is 18.2 Å². The molecule has 3 aliphatic rings. The van der Waals surface area contributed by atoms with Gasteiger partial charge in [-0.25, -0.2) is 0 Å². The minimum Gasteiger partial charge on any atom is -0.493 e. The summed E-state index contributed by atoms with van der Waals surface area (Å²) in [6, 6.07) is 14.9. The molecule has 36 heavy (non-hydrogen) atoms. The van der Waals surface area contributed by atoms with E-state index in [2.05, 4.69) is 39.4 Å². The third-order valence-electron chi connectivity index (χ3n) is 7.52. The second kappa shape index (κ2) is 12.7. The molecule has 1 N–H and O–H groups in total. The fourth-order valence-corrected chi connectivity index (χ4v) is 5.27. The highest BCUT2D eigenvalue weighted by Gasteiger charge is 2.24. The molecule has 2 aromatic rings. The van der Waals surface area contributed by atoms with Crippen LogP contribution in [0.25, 0.3) is 0 Å². The van der Waals surface area contributed by atoms with Crippen LogP contribution in [-0.4, -0.2) is 74.8 Å². The normalized spacial score (nSPS) is 20.1. The Morgan fingerprint density at radius 1 is 0.917 bits per heavy atom. The maximum Gasteiger partial charge on any atom is 0.251 e. The third-order valence-corrected chi connectivity index (χ3v) is 7.52. The van der Waals surface area contributed by atoms with Crippen molar-refractivity contribution >= 4 is 5.91 Å². The van der Waals surface area contributed by atoms with Crippen LogP contribution in [0.2, 0.25) is 0 Å². The average molecular weight is 492 g/mol. The Labute approximate surface area is 215 Å². The van der Waals surface area contributed by atoms with Gasteiger partial charge in [-0.1, -0.05) is 24.3 Å². The van der Waals surface area contributed by atoms with Crippen molar-refractivity contribution in [1.82, 2.24) is 15.1 Å². The van der Waals surface area contributed by atoms with E-state index in [4.69, 9.17) is 9.47 Å². The Hall–Kier alpha value is -2.41. The zero-order valence-corrected chi connectivity index (χ0v) is 21.6. The lowest BCUT2D eigenvalue weighted by Gasteiger charge is -2.26. The fourth-order valence-electron chi connectivity index (χ4n) is 5.27. The number of benzene rings is 2. The molecule has 2 fully saturated rings. The highest BCUT2D eigenvalue weighted by molar-refractivity contribution is 5.94. The number of nitrogens with one attached hydrogen (secondary N) is 1. The van der Waals surface area contributed by atoms with Crippen molar-refractivity contribution in [3.8, 4) is 5.75 Å².